The van der Waals surface area contributed by atoms with Gasteiger partial charge in [0.2, 0.25) is 0 Å². The predicted octanol–water partition coefficient (Wildman–Crippen LogP) is 3.98. The summed E-state index contributed by atoms with van der Waals surface area (Å²) in [4.78, 5) is 0. The SMILES string of the molecule is CC1(C)CCC2CC(C)(C)CCCC2NC1. The zero-order valence-corrected chi connectivity index (χ0v) is 11.6. The van der Waals surface area contributed by atoms with Crippen molar-refractivity contribution in [3.8, 4) is 0 Å². The summed E-state index contributed by atoms with van der Waals surface area (Å²) in [5.41, 5.74) is 1.09. The molecule has 1 aliphatic carbocycles. The summed E-state index contributed by atoms with van der Waals surface area (Å²) < 4.78 is 0. The Balaban J connectivity index is 2.07. The van der Waals surface area contributed by atoms with Gasteiger partial charge in [0.25, 0.3) is 0 Å². The van der Waals surface area contributed by atoms with Crippen LogP contribution in [0.15, 0.2) is 0 Å². The zero-order chi connectivity index (χ0) is 11.8. The van der Waals surface area contributed by atoms with Crippen molar-refractivity contribution in [2.45, 2.75) is 72.3 Å². The van der Waals surface area contributed by atoms with Crippen molar-refractivity contribution in [3.05, 3.63) is 0 Å². The van der Waals surface area contributed by atoms with E-state index in [4.69, 9.17) is 0 Å². The van der Waals surface area contributed by atoms with E-state index in [0.717, 1.165) is 12.0 Å². The van der Waals surface area contributed by atoms with Gasteiger partial charge in [-0.15, -0.1) is 0 Å². The van der Waals surface area contributed by atoms with Crippen molar-refractivity contribution in [2.24, 2.45) is 16.7 Å². The Morgan fingerprint density at radius 2 is 1.69 bits per heavy atom. The quantitative estimate of drug-likeness (QED) is 0.655. The molecule has 2 atom stereocenters. The minimum atomic E-state index is 0.510. The average Bonchev–Trinajstić information content (AvgIpc) is 2.38. The van der Waals surface area contributed by atoms with Crippen LogP contribution in [0.5, 0.6) is 0 Å². The smallest absolute Gasteiger partial charge is 0.00957 e. The first-order chi connectivity index (χ1) is 7.38. The first-order valence-corrected chi connectivity index (χ1v) is 7.11. The van der Waals surface area contributed by atoms with E-state index in [0.29, 0.717) is 10.8 Å². The molecule has 94 valence electrons. The summed E-state index contributed by atoms with van der Waals surface area (Å²) in [5.74, 6) is 0.930. The molecule has 1 heteroatoms. The third-order valence-electron chi connectivity index (χ3n) is 4.79. The maximum Gasteiger partial charge on any atom is 0.00957 e. The summed E-state index contributed by atoms with van der Waals surface area (Å²) in [6.45, 7) is 11.0. The number of hydrogen-bond donors (Lipinski definition) is 1. The van der Waals surface area contributed by atoms with Crippen molar-refractivity contribution in [1.82, 2.24) is 5.32 Å². The fourth-order valence-corrected chi connectivity index (χ4v) is 3.63. The van der Waals surface area contributed by atoms with Crippen LogP contribution < -0.4 is 5.32 Å². The largest absolute Gasteiger partial charge is 0.313 e. The number of hydrogen-bond acceptors (Lipinski definition) is 1. The molecule has 2 unspecified atom stereocenters. The standard InChI is InChI=1S/C15H29N/c1-14(2)8-5-6-13-12(10-14)7-9-15(3,4)11-16-13/h12-13,16H,5-11H2,1-4H3. The normalized spacial score (nSPS) is 38.2. The molecular formula is C15H29N. The van der Waals surface area contributed by atoms with Crippen LogP contribution in [0.1, 0.15) is 66.2 Å². The molecule has 0 bridgehead atoms. The first kappa shape index (κ1) is 12.4. The van der Waals surface area contributed by atoms with E-state index in [-0.39, 0.29) is 0 Å². The zero-order valence-electron chi connectivity index (χ0n) is 11.6. The lowest BCUT2D eigenvalue weighted by atomic mass is 9.77. The van der Waals surface area contributed by atoms with Gasteiger partial charge in [-0.2, -0.15) is 0 Å². The van der Waals surface area contributed by atoms with Gasteiger partial charge in [0, 0.05) is 12.6 Å². The van der Waals surface area contributed by atoms with Gasteiger partial charge in [-0.3, -0.25) is 0 Å². The van der Waals surface area contributed by atoms with Crippen LogP contribution >= 0.6 is 0 Å². The van der Waals surface area contributed by atoms with Gasteiger partial charge >= 0.3 is 0 Å². The van der Waals surface area contributed by atoms with Gasteiger partial charge in [0.05, 0.1) is 0 Å². The van der Waals surface area contributed by atoms with Crippen LogP contribution in [0.2, 0.25) is 0 Å². The summed E-state index contributed by atoms with van der Waals surface area (Å²) in [5, 5.41) is 3.85. The summed E-state index contributed by atoms with van der Waals surface area (Å²) in [7, 11) is 0. The minimum absolute atomic E-state index is 0.510. The second kappa shape index (κ2) is 4.33. The Bertz CT molecular complexity index is 242. The Morgan fingerprint density at radius 3 is 2.44 bits per heavy atom. The van der Waals surface area contributed by atoms with E-state index in [2.05, 4.69) is 33.0 Å². The van der Waals surface area contributed by atoms with E-state index in [1.807, 2.05) is 0 Å². The lowest BCUT2D eigenvalue weighted by molar-refractivity contribution is 0.237. The lowest BCUT2D eigenvalue weighted by Crippen LogP contribution is -2.37. The van der Waals surface area contributed by atoms with Crippen molar-refractivity contribution in [1.29, 1.82) is 0 Å². The second-order valence-electron chi connectivity index (χ2n) is 7.71. The van der Waals surface area contributed by atoms with Gasteiger partial charge in [-0.05, 0) is 48.9 Å². The Hall–Kier alpha value is -0.0400. The van der Waals surface area contributed by atoms with Crippen molar-refractivity contribution in [3.63, 3.8) is 0 Å². The first-order valence-electron chi connectivity index (χ1n) is 7.11. The fourth-order valence-electron chi connectivity index (χ4n) is 3.63. The topological polar surface area (TPSA) is 12.0 Å². The predicted molar refractivity (Wildman–Crippen MR) is 70.5 cm³/mol. The van der Waals surface area contributed by atoms with Crippen LogP contribution in [-0.2, 0) is 0 Å². The minimum Gasteiger partial charge on any atom is -0.313 e. The monoisotopic (exact) mass is 223 g/mol. The molecule has 1 heterocycles. The Morgan fingerprint density at radius 1 is 0.938 bits per heavy atom. The highest BCUT2D eigenvalue weighted by Gasteiger charge is 2.35. The fraction of sp³-hybridized carbons (Fsp3) is 1.00. The maximum atomic E-state index is 3.85. The molecule has 0 aromatic carbocycles. The molecule has 0 radical (unpaired) electrons. The molecule has 2 fully saturated rings. The molecule has 0 amide bonds. The second-order valence-corrected chi connectivity index (χ2v) is 7.71. The van der Waals surface area contributed by atoms with E-state index in [9.17, 15) is 0 Å². The highest BCUT2D eigenvalue weighted by atomic mass is 14.9. The maximum absolute atomic E-state index is 3.85. The van der Waals surface area contributed by atoms with Crippen LogP contribution in [0, 0.1) is 16.7 Å². The van der Waals surface area contributed by atoms with Crippen LogP contribution in [0.3, 0.4) is 0 Å². The summed E-state index contributed by atoms with van der Waals surface area (Å²) >= 11 is 0. The summed E-state index contributed by atoms with van der Waals surface area (Å²) in [6.07, 6.45) is 8.52. The highest BCUT2D eigenvalue weighted by Crippen LogP contribution is 2.41. The third kappa shape index (κ3) is 3.00. The lowest BCUT2D eigenvalue weighted by Gasteiger charge is -2.29. The van der Waals surface area contributed by atoms with E-state index >= 15 is 0 Å². The molecule has 1 aliphatic heterocycles. The molecule has 1 N–H and O–H groups in total. The molecule has 0 aromatic heterocycles. The van der Waals surface area contributed by atoms with E-state index < -0.39 is 0 Å². The number of rotatable bonds is 0. The van der Waals surface area contributed by atoms with Crippen LogP contribution in [0.4, 0.5) is 0 Å². The number of fused-ring (bicyclic) bond motifs is 1. The molecule has 2 rings (SSSR count). The number of nitrogens with one attached hydrogen (secondary N) is 1. The van der Waals surface area contributed by atoms with Crippen molar-refractivity contribution in [2.75, 3.05) is 6.54 Å². The van der Waals surface area contributed by atoms with Gasteiger partial charge < -0.3 is 5.32 Å². The van der Waals surface area contributed by atoms with Crippen molar-refractivity contribution >= 4 is 0 Å². The van der Waals surface area contributed by atoms with Gasteiger partial charge in [-0.1, -0.05) is 34.1 Å². The van der Waals surface area contributed by atoms with Crippen LogP contribution in [0.25, 0.3) is 0 Å². The molecule has 0 spiro atoms. The summed E-state index contributed by atoms with van der Waals surface area (Å²) in [6, 6.07) is 0.809. The van der Waals surface area contributed by atoms with E-state index in [1.165, 1.54) is 45.1 Å². The molecule has 16 heavy (non-hydrogen) atoms. The highest BCUT2D eigenvalue weighted by molar-refractivity contribution is 4.91. The van der Waals surface area contributed by atoms with Crippen molar-refractivity contribution < 1.29 is 0 Å². The molecule has 2 aliphatic rings. The Labute approximate surface area is 101 Å². The van der Waals surface area contributed by atoms with Gasteiger partial charge in [-0.25, -0.2) is 0 Å². The Kier molecular flexibility index (Phi) is 3.36. The molecule has 1 saturated carbocycles. The van der Waals surface area contributed by atoms with Gasteiger partial charge in [0.15, 0.2) is 0 Å². The molecule has 0 aromatic rings. The third-order valence-corrected chi connectivity index (χ3v) is 4.79. The van der Waals surface area contributed by atoms with Crippen LogP contribution in [-0.4, -0.2) is 12.6 Å². The van der Waals surface area contributed by atoms with E-state index in [1.54, 1.807) is 0 Å². The average molecular weight is 223 g/mol. The van der Waals surface area contributed by atoms with Gasteiger partial charge in [0.1, 0.15) is 0 Å². The molecular weight excluding hydrogens is 194 g/mol. The molecule has 1 saturated heterocycles. The molecule has 1 nitrogen and oxygen atoms in total.